The van der Waals surface area contributed by atoms with E-state index in [1.54, 1.807) is 12.1 Å². The van der Waals surface area contributed by atoms with Crippen LogP contribution >= 0.6 is 15.9 Å². The van der Waals surface area contributed by atoms with Crippen LogP contribution in [0.4, 0.5) is 0 Å². The summed E-state index contributed by atoms with van der Waals surface area (Å²) >= 11 is 3.33. The highest BCUT2D eigenvalue weighted by molar-refractivity contribution is 9.10. The van der Waals surface area contributed by atoms with E-state index in [0.717, 1.165) is 12.8 Å². The van der Waals surface area contributed by atoms with Crippen molar-refractivity contribution in [2.24, 2.45) is 0 Å². The predicted octanol–water partition coefficient (Wildman–Crippen LogP) is 3.05. The van der Waals surface area contributed by atoms with E-state index in [2.05, 4.69) is 27.3 Å². The fourth-order valence-corrected chi connectivity index (χ4v) is 3.28. The van der Waals surface area contributed by atoms with Crippen LogP contribution in [-0.4, -0.2) is 24.7 Å². The Morgan fingerprint density at radius 1 is 1.33 bits per heavy atom. The SMILES string of the molecule is CCOc1cc(C#N)cc(Br)c1OCC(=O)NC1(C#N)CCCC1. The number of hydrogen-bond acceptors (Lipinski definition) is 5. The largest absolute Gasteiger partial charge is 0.490 e. The van der Waals surface area contributed by atoms with Gasteiger partial charge in [0.05, 0.1) is 28.8 Å². The van der Waals surface area contributed by atoms with Crippen LogP contribution in [0.3, 0.4) is 0 Å². The highest BCUT2D eigenvalue weighted by Gasteiger charge is 2.35. The van der Waals surface area contributed by atoms with Gasteiger partial charge in [-0.25, -0.2) is 0 Å². The van der Waals surface area contributed by atoms with Gasteiger partial charge in [0.2, 0.25) is 0 Å². The Kier molecular flexibility index (Phi) is 6.05. The molecule has 24 heavy (non-hydrogen) atoms. The van der Waals surface area contributed by atoms with Gasteiger partial charge in [-0.3, -0.25) is 4.79 Å². The first-order valence-corrected chi connectivity index (χ1v) is 8.54. The number of halogens is 1. The molecule has 0 atom stereocenters. The number of nitrogens with zero attached hydrogens (tertiary/aromatic N) is 2. The third-order valence-corrected chi connectivity index (χ3v) is 4.42. The van der Waals surface area contributed by atoms with E-state index in [1.165, 1.54) is 0 Å². The lowest BCUT2D eigenvalue weighted by Crippen LogP contribution is -2.47. The lowest BCUT2D eigenvalue weighted by Gasteiger charge is -2.22. The van der Waals surface area contributed by atoms with Crippen LogP contribution in [0.5, 0.6) is 11.5 Å². The first-order chi connectivity index (χ1) is 11.5. The van der Waals surface area contributed by atoms with Crippen molar-refractivity contribution in [1.82, 2.24) is 5.32 Å². The number of rotatable bonds is 6. The Morgan fingerprint density at radius 3 is 2.62 bits per heavy atom. The molecule has 0 radical (unpaired) electrons. The maximum atomic E-state index is 12.1. The van der Waals surface area contributed by atoms with Gasteiger partial charge in [-0.15, -0.1) is 0 Å². The molecule has 0 heterocycles. The van der Waals surface area contributed by atoms with Crippen LogP contribution in [0, 0.1) is 22.7 Å². The van der Waals surface area contributed by atoms with Gasteiger partial charge in [0.15, 0.2) is 18.1 Å². The fourth-order valence-electron chi connectivity index (χ4n) is 2.72. The van der Waals surface area contributed by atoms with E-state index in [0.29, 0.717) is 41.0 Å². The Labute approximate surface area is 149 Å². The number of carbonyl (C=O) groups is 1. The van der Waals surface area contributed by atoms with Crippen molar-refractivity contribution in [2.45, 2.75) is 38.1 Å². The van der Waals surface area contributed by atoms with Crippen LogP contribution in [0.2, 0.25) is 0 Å². The van der Waals surface area contributed by atoms with Crippen LogP contribution in [0.25, 0.3) is 0 Å². The van der Waals surface area contributed by atoms with Crippen molar-refractivity contribution < 1.29 is 14.3 Å². The van der Waals surface area contributed by atoms with Crippen LogP contribution < -0.4 is 14.8 Å². The Morgan fingerprint density at radius 2 is 2.04 bits per heavy atom. The van der Waals surface area contributed by atoms with Crippen LogP contribution in [-0.2, 0) is 4.79 Å². The van der Waals surface area contributed by atoms with Crippen molar-refractivity contribution in [1.29, 1.82) is 10.5 Å². The Hall–Kier alpha value is -2.25. The molecule has 0 spiro atoms. The normalized spacial score (nSPS) is 15.2. The number of hydrogen-bond donors (Lipinski definition) is 1. The van der Waals surface area contributed by atoms with Gasteiger partial charge in [-0.1, -0.05) is 0 Å². The number of benzene rings is 1. The van der Waals surface area contributed by atoms with Gasteiger partial charge < -0.3 is 14.8 Å². The standard InChI is InChI=1S/C17H18BrN3O3/c1-2-23-14-8-12(9-19)7-13(18)16(14)24-10-15(22)21-17(11-20)5-3-4-6-17/h7-8H,2-6,10H2,1H3,(H,21,22). The quantitative estimate of drug-likeness (QED) is 0.803. The summed E-state index contributed by atoms with van der Waals surface area (Å²) in [4.78, 5) is 12.1. The van der Waals surface area contributed by atoms with E-state index in [-0.39, 0.29) is 12.5 Å². The molecule has 1 aliphatic rings. The fraction of sp³-hybridized carbons (Fsp3) is 0.471. The minimum atomic E-state index is -0.773. The van der Waals surface area contributed by atoms with Gasteiger partial charge in [0.1, 0.15) is 5.54 Å². The molecule has 0 saturated heterocycles. The molecule has 2 rings (SSSR count). The highest BCUT2D eigenvalue weighted by atomic mass is 79.9. The Balaban J connectivity index is 2.07. The zero-order chi connectivity index (χ0) is 17.6. The lowest BCUT2D eigenvalue weighted by molar-refractivity contribution is -0.124. The molecule has 1 aromatic carbocycles. The molecule has 1 saturated carbocycles. The highest BCUT2D eigenvalue weighted by Crippen LogP contribution is 2.37. The van der Waals surface area contributed by atoms with Crippen molar-refractivity contribution in [2.75, 3.05) is 13.2 Å². The van der Waals surface area contributed by atoms with Crippen molar-refractivity contribution in [3.8, 4) is 23.6 Å². The summed E-state index contributed by atoms with van der Waals surface area (Å²) in [6, 6.07) is 7.41. The summed E-state index contributed by atoms with van der Waals surface area (Å²) in [6.45, 7) is 2.00. The van der Waals surface area contributed by atoms with Gasteiger partial charge in [-0.05, 0) is 54.6 Å². The molecule has 0 bridgehead atoms. The number of ether oxygens (including phenoxy) is 2. The monoisotopic (exact) mass is 391 g/mol. The molecule has 7 heteroatoms. The number of carbonyl (C=O) groups excluding carboxylic acids is 1. The van der Waals surface area contributed by atoms with Crippen molar-refractivity contribution >= 4 is 21.8 Å². The summed E-state index contributed by atoms with van der Waals surface area (Å²) in [5.41, 5.74) is -0.345. The smallest absolute Gasteiger partial charge is 0.259 e. The molecule has 1 amide bonds. The number of nitrogens with one attached hydrogen (secondary N) is 1. The first kappa shape index (κ1) is 18.1. The topological polar surface area (TPSA) is 95.1 Å². The van der Waals surface area contributed by atoms with Gasteiger partial charge in [0.25, 0.3) is 5.91 Å². The number of nitriles is 2. The lowest BCUT2D eigenvalue weighted by atomic mass is 10.00. The molecule has 0 unspecified atom stereocenters. The second-order valence-corrected chi connectivity index (χ2v) is 6.42. The number of amides is 1. The molecule has 1 aromatic rings. The molecule has 126 valence electrons. The maximum absolute atomic E-state index is 12.1. The average Bonchev–Trinajstić information content (AvgIpc) is 3.03. The van der Waals surface area contributed by atoms with Crippen molar-refractivity contribution in [3.05, 3.63) is 22.2 Å². The van der Waals surface area contributed by atoms with E-state index < -0.39 is 5.54 Å². The van der Waals surface area contributed by atoms with Crippen LogP contribution in [0.1, 0.15) is 38.2 Å². The van der Waals surface area contributed by atoms with E-state index in [4.69, 9.17) is 14.7 Å². The molecule has 1 aliphatic carbocycles. The van der Waals surface area contributed by atoms with E-state index >= 15 is 0 Å². The van der Waals surface area contributed by atoms with E-state index in [9.17, 15) is 10.1 Å². The molecule has 0 aliphatic heterocycles. The average molecular weight is 392 g/mol. The molecule has 1 N–H and O–H groups in total. The first-order valence-electron chi connectivity index (χ1n) is 7.75. The molecular weight excluding hydrogens is 374 g/mol. The zero-order valence-corrected chi connectivity index (χ0v) is 15.0. The molecule has 1 fully saturated rings. The van der Waals surface area contributed by atoms with E-state index in [1.807, 2.05) is 13.0 Å². The van der Waals surface area contributed by atoms with Gasteiger partial charge in [-0.2, -0.15) is 10.5 Å². The second kappa shape index (κ2) is 8.03. The third kappa shape index (κ3) is 4.18. The summed E-state index contributed by atoms with van der Waals surface area (Å²) in [5.74, 6) is 0.410. The molecule has 6 nitrogen and oxygen atoms in total. The van der Waals surface area contributed by atoms with Crippen molar-refractivity contribution in [3.63, 3.8) is 0 Å². The predicted molar refractivity (Wildman–Crippen MR) is 90.5 cm³/mol. The molecule has 0 aromatic heterocycles. The third-order valence-electron chi connectivity index (χ3n) is 3.84. The maximum Gasteiger partial charge on any atom is 0.259 e. The van der Waals surface area contributed by atoms with Gasteiger partial charge in [0, 0.05) is 6.07 Å². The zero-order valence-electron chi connectivity index (χ0n) is 13.4. The minimum absolute atomic E-state index is 0.228. The second-order valence-electron chi connectivity index (χ2n) is 5.57. The van der Waals surface area contributed by atoms with Gasteiger partial charge >= 0.3 is 0 Å². The van der Waals surface area contributed by atoms with Crippen LogP contribution in [0.15, 0.2) is 16.6 Å². The summed E-state index contributed by atoms with van der Waals surface area (Å²) in [6.07, 6.45) is 3.20. The summed E-state index contributed by atoms with van der Waals surface area (Å²) < 4.78 is 11.6. The Bertz CT molecular complexity index is 700. The summed E-state index contributed by atoms with van der Waals surface area (Å²) in [7, 11) is 0. The summed E-state index contributed by atoms with van der Waals surface area (Å²) in [5, 5.41) is 21.1. The molecular formula is C17H18BrN3O3. The minimum Gasteiger partial charge on any atom is -0.490 e.